The van der Waals surface area contributed by atoms with E-state index in [1.165, 1.54) is 0 Å². The Morgan fingerprint density at radius 2 is 1.63 bits per heavy atom. The zero-order chi connectivity index (χ0) is 20.9. The van der Waals surface area contributed by atoms with E-state index in [0.717, 1.165) is 11.3 Å². The van der Waals surface area contributed by atoms with Gasteiger partial charge in [-0.3, -0.25) is 14.2 Å². The highest BCUT2D eigenvalue weighted by Crippen LogP contribution is 2.21. The smallest absolute Gasteiger partial charge is 0.272 e. The third-order valence-electron chi connectivity index (χ3n) is 5.47. The molecule has 4 rings (SSSR count). The summed E-state index contributed by atoms with van der Waals surface area (Å²) < 4.78 is 2.25. The second kappa shape index (κ2) is 9.09. The van der Waals surface area contributed by atoms with Crippen LogP contribution in [0.15, 0.2) is 66.9 Å². The van der Waals surface area contributed by atoms with Crippen molar-refractivity contribution >= 4 is 24.0 Å². The van der Waals surface area contributed by atoms with E-state index < -0.39 is 0 Å². The molecule has 154 valence electrons. The first-order valence-corrected chi connectivity index (χ1v) is 10.5. The zero-order valence-electron chi connectivity index (χ0n) is 16.6. The summed E-state index contributed by atoms with van der Waals surface area (Å²) in [5, 5.41) is 3.01. The predicted molar refractivity (Wildman–Crippen MR) is 118 cm³/mol. The second-order valence-electron chi connectivity index (χ2n) is 7.42. The van der Waals surface area contributed by atoms with Crippen LogP contribution in [0.25, 0.3) is 5.69 Å². The van der Waals surface area contributed by atoms with E-state index in [4.69, 9.17) is 12.2 Å². The molecule has 7 heteroatoms. The molecule has 3 aromatic rings. The normalized spacial score (nSPS) is 14.5. The van der Waals surface area contributed by atoms with E-state index in [-0.39, 0.29) is 17.7 Å². The van der Waals surface area contributed by atoms with Gasteiger partial charge in [-0.05, 0) is 42.8 Å². The molecule has 1 aromatic heterocycles. The van der Waals surface area contributed by atoms with Crippen LogP contribution < -0.4 is 5.32 Å². The SMILES string of the molecule is O=C(NCc1ccccc1)C1CCN(C(=O)c2c[nH]c(=S)n2-c2ccccc2)CC1. The number of hydrogen-bond acceptors (Lipinski definition) is 3. The van der Waals surface area contributed by atoms with E-state index in [0.29, 0.717) is 42.9 Å². The fourth-order valence-electron chi connectivity index (χ4n) is 3.80. The summed E-state index contributed by atoms with van der Waals surface area (Å²) in [6.07, 6.45) is 2.97. The lowest BCUT2D eigenvalue weighted by atomic mass is 9.95. The number of amides is 2. The minimum Gasteiger partial charge on any atom is -0.352 e. The standard InChI is InChI=1S/C23H24N4O2S/c28-21(24-15-17-7-3-1-4-8-17)18-11-13-26(14-12-18)22(29)20-16-25-23(30)27(20)19-9-5-2-6-10-19/h1-10,16,18H,11-15H2,(H,24,28)(H,25,30). The van der Waals surface area contributed by atoms with Crippen molar-refractivity contribution in [2.45, 2.75) is 19.4 Å². The third kappa shape index (κ3) is 4.36. The Hall–Kier alpha value is -3.19. The van der Waals surface area contributed by atoms with Crippen molar-refractivity contribution in [3.63, 3.8) is 0 Å². The molecule has 0 atom stereocenters. The zero-order valence-corrected chi connectivity index (χ0v) is 17.4. The van der Waals surface area contributed by atoms with E-state index in [1.807, 2.05) is 60.7 Å². The van der Waals surface area contributed by atoms with Gasteiger partial charge in [-0.1, -0.05) is 48.5 Å². The molecule has 6 nitrogen and oxygen atoms in total. The Labute approximate surface area is 180 Å². The minimum absolute atomic E-state index is 0.0554. The van der Waals surface area contributed by atoms with E-state index in [2.05, 4.69) is 10.3 Å². The van der Waals surface area contributed by atoms with Gasteiger partial charge >= 0.3 is 0 Å². The van der Waals surface area contributed by atoms with Crippen molar-refractivity contribution < 1.29 is 9.59 Å². The Morgan fingerprint density at radius 3 is 2.30 bits per heavy atom. The largest absolute Gasteiger partial charge is 0.352 e. The monoisotopic (exact) mass is 420 g/mol. The van der Waals surface area contributed by atoms with Gasteiger partial charge in [0.15, 0.2) is 4.77 Å². The van der Waals surface area contributed by atoms with Crippen molar-refractivity contribution in [3.8, 4) is 5.69 Å². The molecule has 0 unspecified atom stereocenters. The number of nitrogens with one attached hydrogen (secondary N) is 2. The summed E-state index contributed by atoms with van der Waals surface area (Å²) in [6, 6.07) is 19.5. The van der Waals surface area contributed by atoms with Gasteiger partial charge < -0.3 is 15.2 Å². The van der Waals surface area contributed by atoms with Crippen molar-refractivity contribution in [2.75, 3.05) is 13.1 Å². The summed E-state index contributed by atoms with van der Waals surface area (Å²) in [5.74, 6) is -0.0890. The molecular weight excluding hydrogens is 396 g/mol. The van der Waals surface area contributed by atoms with Crippen LogP contribution in [0.4, 0.5) is 0 Å². The Balaban J connectivity index is 1.37. The number of carbonyl (C=O) groups is 2. The molecule has 1 fully saturated rings. The number of hydrogen-bond donors (Lipinski definition) is 2. The number of rotatable bonds is 5. The van der Waals surface area contributed by atoms with Crippen LogP contribution in [0.3, 0.4) is 0 Å². The van der Waals surface area contributed by atoms with E-state index >= 15 is 0 Å². The van der Waals surface area contributed by atoms with Gasteiger partial charge in [0.05, 0.1) is 0 Å². The number of imidazole rings is 1. The van der Waals surface area contributed by atoms with Gasteiger partial charge in [0, 0.05) is 37.4 Å². The summed E-state index contributed by atoms with van der Waals surface area (Å²) in [6.45, 7) is 1.63. The molecule has 1 aliphatic heterocycles. The molecule has 1 saturated heterocycles. The Kier molecular flexibility index (Phi) is 6.09. The first-order chi connectivity index (χ1) is 14.6. The third-order valence-corrected chi connectivity index (χ3v) is 5.77. The lowest BCUT2D eigenvalue weighted by Crippen LogP contribution is -2.43. The molecule has 2 aromatic carbocycles. The Morgan fingerprint density at radius 1 is 1.00 bits per heavy atom. The summed E-state index contributed by atoms with van der Waals surface area (Å²) >= 11 is 5.38. The van der Waals surface area contributed by atoms with Crippen LogP contribution in [-0.4, -0.2) is 39.4 Å². The number of para-hydroxylation sites is 1. The number of nitrogens with zero attached hydrogens (tertiary/aromatic N) is 2. The van der Waals surface area contributed by atoms with Crippen molar-refractivity contribution in [2.24, 2.45) is 5.92 Å². The van der Waals surface area contributed by atoms with Gasteiger partial charge in [-0.25, -0.2) is 0 Å². The van der Waals surface area contributed by atoms with E-state index in [9.17, 15) is 9.59 Å². The van der Waals surface area contributed by atoms with Gasteiger partial charge in [0.2, 0.25) is 5.91 Å². The molecule has 2 heterocycles. The quantitative estimate of drug-likeness (QED) is 0.619. The molecule has 0 saturated carbocycles. The highest BCUT2D eigenvalue weighted by atomic mass is 32.1. The van der Waals surface area contributed by atoms with Gasteiger partial charge in [0.1, 0.15) is 5.69 Å². The maximum Gasteiger partial charge on any atom is 0.272 e. The summed E-state index contributed by atoms with van der Waals surface area (Å²) in [4.78, 5) is 30.4. The summed E-state index contributed by atoms with van der Waals surface area (Å²) in [5.41, 5.74) is 2.44. The topological polar surface area (TPSA) is 70.1 Å². The summed E-state index contributed by atoms with van der Waals surface area (Å²) in [7, 11) is 0. The number of aromatic amines is 1. The number of H-pyrrole nitrogens is 1. The fraction of sp³-hybridized carbons (Fsp3) is 0.261. The first kappa shape index (κ1) is 20.1. The molecular formula is C23H24N4O2S. The second-order valence-corrected chi connectivity index (χ2v) is 7.81. The molecule has 0 spiro atoms. The number of piperidine rings is 1. The van der Waals surface area contributed by atoms with Crippen LogP contribution in [0.5, 0.6) is 0 Å². The average molecular weight is 421 g/mol. The highest BCUT2D eigenvalue weighted by Gasteiger charge is 2.29. The lowest BCUT2D eigenvalue weighted by Gasteiger charge is -2.31. The minimum atomic E-state index is -0.0747. The highest BCUT2D eigenvalue weighted by molar-refractivity contribution is 7.71. The number of benzene rings is 2. The van der Waals surface area contributed by atoms with Crippen LogP contribution in [-0.2, 0) is 11.3 Å². The molecule has 2 amide bonds. The van der Waals surface area contributed by atoms with Gasteiger partial charge in [0.25, 0.3) is 5.91 Å². The first-order valence-electron chi connectivity index (χ1n) is 10.1. The maximum atomic E-state index is 13.1. The molecule has 0 aliphatic carbocycles. The number of likely N-dealkylation sites (tertiary alicyclic amines) is 1. The number of carbonyl (C=O) groups excluding carboxylic acids is 2. The van der Waals surface area contributed by atoms with Crippen LogP contribution in [0, 0.1) is 10.7 Å². The lowest BCUT2D eigenvalue weighted by molar-refractivity contribution is -0.126. The van der Waals surface area contributed by atoms with Crippen molar-refractivity contribution in [3.05, 3.63) is 82.9 Å². The molecule has 0 bridgehead atoms. The van der Waals surface area contributed by atoms with Crippen LogP contribution in [0.2, 0.25) is 0 Å². The molecule has 2 N–H and O–H groups in total. The predicted octanol–water partition coefficient (Wildman–Crippen LogP) is 3.70. The maximum absolute atomic E-state index is 13.1. The van der Waals surface area contributed by atoms with E-state index in [1.54, 1.807) is 15.7 Å². The average Bonchev–Trinajstić information content (AvgIpc) is 3.19. The van der Waals surface area contributed by atoms with Crippen molar-refractivity contribution in [1.82, 2.24) is 19.8 Å². The van der Waals surface area contributed by atoms with Crippen LogP contribution >= 0.6 is 12.2 Å². The molecule has 0 radical (unpaired) electrons. The molecule has 30 heavy (non-hydrogen) atoms. The fourth-order valence-corrected chi connectivity index (χ4v) is 4.06. The van der Waals surface area contributed by atoms with Crippen LogP contribution in [0.1, 0.15) is 28.9 Å². The van der Waals surface area contributed by atoms with Gasteiger partial charge in [-0.2, -0.15) is 0 Å². The van der Waals surface area contributed by atoms with Crippen molar-refractivity contribution in [1.29, 1.82) is 0 Å². The van der Waals surface area contributed by atoms with Gasteiger partial charge in [-0.15, -0.1) is 0 Å². The molecule has 1 aliphatic rings. The Bertz CT molecular complexity index is 1070. The number of aromatic nitrogens is 2.